The van der Waals surface area contributed by atoms with Crippen molar-refractivity contribution in [3.63, 3.8) is 0 Å². The SMILES string of the molecule is Cc1cc(O)c2c(c1O)SC(=C1C(=O)N(C)N(C)C1=O)S2. The second-order valence-electron chi connectivity index (χ2n) is 4.74. The van der Waals surface area contributed by atoms with Crippen molar-refractivity contribution in [1.82, 2.24) is 10.0 Å². The molecule has 0 aromatic heterocycles. The van der Waals surface area contributed by atoms with Crippen LogP contribution < -0.4 is 0 Å². The van der Waals surface area contributed by atoms with E-state index in [1.54, 1.807) is 6.92 Å². The Morgan fingerprint density at radius 1 is 1.00 bits per heavy atom. The Morgan fingerprint density at radius 2 is 1.52 bits per heavy atom. The third kappa shape index (κ3) is 1.90. The summed E-state index contributed by atoms with van der Waals surface area (Å²) in [6.45, 7) is 1.68. The van der Waals surface area contributed by atoms with Gasteiger partial charge in [-0.2, -0.15) is 0 Å². The highest BCUT2D eigenvalue weighted by molar-refractivity contribution is 8.25. The van der Waals surface area contributed by atoms with Gasteiger partial charge in [-0.15, -0.1) is 0 Å². The largest absolute Gasteiger partial charge is 0.507 e. The molecule has 0 saturated carbocycles. The number of aromatic hydroxyl groups is 2. The fourth-order valence-corrected chi connectivity index (χ4v) is 4.75. The van der Waals surface area contributed by atoms with Crippen molar-refractivity contribution in [2.24, 2.45) is 0 Å². The summed E-state index contributed by atoms with van der Waals surface area (Å²) in [7, 11) is 3.04. The number of carbonyl (C=O) groups is 2. The molecule has 1 saturated heterocycles. The maximum Gasteiger partial charge on any atom is 0.279 e. The fraction of sp³-hybridized carbons (Fsp3) is 0.231. The van der Waals surface area contributed by atoms with Gasteiger partial charge >= 0.3 is 0 Å². The zero-order chi connectivity index (χ0) is 15.5. The molecule has 0 aliphatic carbocycles. The molecule has 110 valence electrons. The Bertz CT molecular complexity index is 707. The van der Waals surface area contributed by atoms with Crippen LogP contribution in [0.3, 0.4) is 0 Å². The zero-order valence-electron chi connectivity index (χ0n) is 11.5. The lowest BCUT2D eigenvalue weighted by Gasteiger charge is -2.16. The summed E-state index contributed by atoms with van der Waals surface area (Å²) in [6, 6.07) is 1.46. The van der Waals surface area contributed by atoms with Gasteiger partial charge in [-0.3, -0.25) is 19.6 Å². The number of benzene rings is 1. The number of hydrogen-bond acceptors (Lipinski definition) is 6. The summed E-state index contributed by atoms with van der Waals surface area (Å²) < 4.78 is 0.479. The molecule has 0 radical (unpaired) electrons. The average Bonchev–Trinajstić information content (AvgIpc) is 2.95. The van der Waals surface area contributed by atoms with Gasteiger partial charge in [-0.05, 0) is 18.6 Å². The van der Waals surface area contributed by atoms with Gasteiger partial charge in [0.15, 0.2) is 0 Å². The Morgan fingerprint density at radius 3 is 2.10 bits per heavy atom. The van der Waals surface area contributed by atoms with Crippen LogP contribution >= 0.6 is 23.5 Å². The number of thioether (sulfide) groups is 2. The third-order valence-corrected chi connectivity index (χ3v) is 6.07. The number of phenolic OH excluding ortho intramolecular Hbond substituents is 2. The standard InChI is InChI=1S/C13H12N2O4S2/c1-5-4-6(16)9-10(8(5)17)21-13(20-9)7-11(18)14(2)15(3)12(7)19/h4,16-17H,1-3H3. The van der Waals surface area contributed by atoms with E-state index in [0.29, 0.717) is 19.6 Å². The Kier molecular flexibility index (Phi) is 3.10. The van der Waals surface area contributed by atoms with E-state index in [0.717, 1.165) is 23.5 Å². The van der Waals surface area contributed by atoms with Crippen molar-refractivity contribution in [2.75, 3.05) is 14.1 Å². The first kappa shape index (κ1) is 14.2. The van der Waals surface area contributed by atoms with Crippen molar-refractivity contribution in [3.05, 3.63) is 21.4 Å². The fourth-order valence-electron chi connectivity index (χ4n) is 2.11. The lowest BCUT2D eigenvalue weighted by atomic mass is 10.2. The van der Waals surface area contributed by atoms with E-state index in [2.05, 4.69) is 0 Å². The van der Waals surface area contributed by atoms with Gasteiger partial charge in [-0.25, -0.2) is 0 Å². The first-order valence-corrected chi connectivity index (χ1v) is 7.67. The molecular formula is C13H12N2O4S2. The molecule has 2 aliphatic heterocycles. The molecule has 1 fully saturated rings. The minimum Gasteiger partial charge on any atom is -0.507 e. The Balaban J connectivity index is 2.12. The number of rotatable bonds is 0. The molecule has 2 heterocycles. The smallest absolute Gasteiger partial charge is 0.279 e. The molecule has 2 aliphatic rings. The highest BCUT2D eigenvalue weighted by Gasteiger charge is 2.41. The summed E-state index contributed by atoms with van der Waals surface area (Å²) in [6.07, 6.45) is 0. The summed E-state index contributed by atoms with van der Waals surface area (Å²) in [5.41, 5.74) is 0.617. The Labute approximate surface area is 129 Å². The quantitative estimate of drug-likeness (QED) is 0.429. The predicted octanol–water partition coefficient (Wildman–Crippen LogP) is 1.66. The average molecular weight is 324 g/mol. The first-order valence-electron chi connectivity index (χ1n) is 6.04. The van der Waals surface area contributed by atoms with Crippen LogP contribution in [0, 0.1) is 6.92 Å². The molecule has 21 heavy (non-hydrogen) atoms. The minimum absolute atomic E-state index is 0.0352. The van der Waals surface area contributed by atoms with E-state index in [4.69, 9.17) is 0 Å². The van der Waals surface area contributed by atoms with E-state index in [-0.39, 0.29) is 28.9 Å². The number of amides is 2. The Hall–Kier alpha value is -1.80. The van der Waals surface area contributed by atoms with Gasteiger partial charge < -0.3 is 10.2 Å². The second-order valence-corrected chi connectivity index (χ2v) is 7.04. The van der Waals surface area contributed by atoms with Crippen LogP contribution in [-0.2, 0) is 9.59 Å². The predicted molar refractivity (Wildman–Crippen MR) is 78.8 cm³/mol. The van der Waals surface area contributed by atoms with E-state index < -0.39 is 0 Å². The third-order valence-electron chi connectivity index (χ3n) is 3.44. The summed E-state index contributed by atoms with van der Waals surface area (Å²) in [4.78, 5) is 25.3. The van der Waals surface area contributed by atoms with Crippen molar-refractivity contribution in [3.8, 4) is 11.5 Å². The van der Waals surface area contributed by atoms with Gasteiger partial charge in [0.25, 0.3) is 11.8 Å². The number of hydrogen-bond donors (Lipinski definition) is 2. The van der Waals surface area contributed by atoms with Crippen LogP contribution in [-0.4, -0.2) is 46.1 Å². The molecule has 0 atom stereocenters. The molecule has 0 unspecified atom stereocenters. The monoisotopic (exact) mass is 324 g/mol. The second kappa shape index (κ2) is 4.60. The summed E-state index contributed by atoms with van der Waals surface area (Å²) in [5, 5.41) is 22.5. The highest BCUT2D eigenvalue weighted by atomic mass is 32.2. The van der Waals surface area contributed by atoms with E-state index in [9.17, 15) is 19.8 Å². The van der Waals surface area contributed by atoms with Crippen LogP contribution in [0.1, 0.15) is 5.56 Å². The van der Waals surface area contributed by atoms with Crippen molar-refractivity contribution >= 4 is 35.3 Å². The van der Waals surface area contributed by atoms with Crippen LogP contribution in [0.2, 0.25) is 0 Å². The molecule has 2 N–H and O–H groups in total. The molecule has 3 rings (SSSR count). The van der Waals surface area contributed by atoms with Gasteiger partial charge in [0, 0.05) is 14.1 Å². The molecule has 6 nitrogen and oxygen atoms in total. The number of phenols is 2. The van der Waals surface area contributed by atoms with Crippen LogP contribution in [0.15, 0.2) is 25.7 Å². The van der Waals surface area contributed by atoms with Crippen molar-refractivity contribution in [1.29, 1.82) is 0 Å². The van der Waals surface area contributed by atoms with E-state index in [1.165, 1.54) is 30.2 Å². The number of nitrogens with zero attached hydrogens (tertiary/aromatic N) is 2. The number of carbonyl (C=O) groups excluding carboxylic acids is 2. The van der Waals surface area contributed by atoms with Crippen molar-refractivity contribution < 1.29 is 19.8 Å². The number of aryl methyl sites for hydroxylation is 1. The number of likely N-dealkylation sites (N-methyl/N-ethyl adjacent to an activating group) is 2. The van der Waals surface area contributed by atoms with Gasteiger partial charge in [0.05, 0.1) is 14.0 Å². The van der Waals surface area contributed by atoms with Gasteiger partial charge in [0.2, 0.25) is 0 Å². The molecule has 0 spiro atoms. The molecule has 1 aromatic carbocycles. The maximum absolute atomic E-state index is 12.2. The van der Waals surface area contributed by atoms with Crippen LogP contribution in [0.4, 0.5) is 0 Å². The minimum atomic E-state index is -0.388. The first-order chi connectivity index (χ1) is 9.82. The normalized spacial score (nSPS) is 18.0. The molecule has 1 aromatic rings. The van der Waals surface area contributed by atoms with Gasteiger partial charge in [0.1, 0.15) is 17.1 Å². The zero-order valence-corrected chi connectivity index (χ0v) is 13.1. The molecule has 0 bridgehead atoms. The van der Waals surface area contributed by atoms with Crippen LogP contribution in [0.25, 0.3) is 0 Å². The number of fused-ring (bicyclic) bond motifs is 1. The van der Waals surface area contributed by atoms with E-state index >= 15 is 0 Å². The lowest BCUT2D eigenvalue weighted by Crippen LogP contribution is -2.33. The molecular weight excluding hydrogens is 312 g/mol. The summed E-state index contributed by atoms with van der Waals surface area (Å²) >= 11 is 2.27. The molecule has 8 heteroatoms. The topological polar surface area (TPSA) is 81.1 Å². The van der Waals surface area contributed by atoms with Gasteiger partial charge in [-0.1, -0.05) is 23.5 Å². The maximum atomic E-state index is 12.2. The van der Waals surface area contributed by atoms with E-state index in [1.807, 2.05) is 0 Å². The van der Waals surface area contributed by atoms with Crippen LogP contribution in [0.5, 0.6) is 11.5 Å². The molecule has 2 amide bonds. The number of hydrazine groups is 1. The van der Waals surface area contributed by atoms with Crippen molar-refractivity contribution in [2.45, 2.75) is 16.7 Å². The summed E-state index contributed by atoms with van der Waals surface area (Å²) in [5.74, 6) is -0.675. The highest BCUT2D eigenvalue weighted by Crippen LogP contribution is 2.59. The lowest BCUT2D eigenvalue weighted by molar-refractivity contribution is -0.141.